The van der Waals surface area contributed by atoms with Gasteiger partial charge in [-0.2, -0.15) is 0 Å². The van der Waals surface area contributed by atoms with Gasteiger partial charge in [-0.05, 0) is 18.6 Å². The van der Waals surface area contributed by atoms with Gasteiger partial charge in [0.2, 0.25) is 0 Å². The van der Waals surface area contributed by atoms with Crippen molar-refractivity contribution >= 4 is 9.84 Å². The molecule has 1 aromatic carbocycles. The van der Waals surface area contributed by atoms with Crippen LogP contribution in [0.2, 0.25) is 0 Å². The molecule has 2 rings (SSSR count). The highest BCUT2D eigenvalue weighted by Crippen LogP contribution is 2.21. The van der Waals surface area contributed by atoms with Crippen molar-refractivity contribution in [2.75, 3.05) is 0 Å². The zero-order valence-electron chi connectivity index (χ0n) is 8.21. The predicted molar refractivity (Wildman–Crippen MR) is 60.3 cm³/mol. The van der Waals surface area contributed by atoms with Gasteiger partial charge in [0.1, 0.15) is 0 Å². The molecule has 0 spiro atoms. The fourth-order valence-electron chi connectivity index (χ4n) is 1.57. The van der Waals surface area contributed by atoms with E-state index in [0.29, 0.717) is 11.3 Å². The molecule has 15 heavy (non-hydrogen) atoms. The molecule has 0 unspecified atom stereocenters. The summed E-state index contributed by atoms with van der Waals surface area (Å²) in [5.41, 5.74) is 0. The van der Waals surface area contributed by atoms with Crippen LogP contribution in [0.15, 0.2) is 59.5 Å². The van der Waals surface area contributed by atoms with Crippen molar-refractivity contribution in [3.05, 3.63) is 54.6 Å². The summed E-state index contributed by atoms with van der Waals surface area (Å²) in [7, 11) is -3.20. The third-order valence-corrected chi connectivity index (χ3v) is 4.49. The van der Waals surface area contributed by atoms with E-state index < -0.39 is 15.1 Å². The molecule has 3 heteroatoms. The van der Waals surface area contributed by atoms with Gasteiger partial charge in [-0.3, -0.25) is 0 Å². The summed E-state index contributed by atoms with van der Waals surface area (Å²) in [6, 6.07) is 8.59. The third kappa shape index (κ3) is 2.02. The zero-order chi connectivity index (χ0) is 10.7. The van der Waals surface area contributed by atoms with E-state index in [0.717, 1.165) is 0 Å². The largest absolute Gasteiger partial charge is 0.223 e. The van der Waals surface area contributed by atoms with E-state index in [4.69, 9.17) is 0 Å². The lowest BCUT2D eigenvalue weighted by Gasteiger charge is -2.13. The average molecular weight is 220 g/mol. The van der Waals surface area contributed by atoms with E-state index in [1.807, 2.05) is 18.2 Å². The number of sulfone groups is 1. The summed E-state index contributed by atoms with van der Waals surface area (Å²) in [5.74, 6) is 0. The molecule has 0 saturated heterocycles. The lowest BCUT2D eigenvalue weighted by molar-refractivity contribution is 0.588. The topological polar surface area (TPSA) is 34.1 Å². The molecule has 0 N–H and O–H groups in total. The molecule has 0 heterocycles. The predicted octanol–water partition coefficient (Wildman–Crippen LogP) is 2.35. The zero-order valence-corrected chi connectivity index (χ0v) is 9.02. The van der Waals surface area contributed by atoms with Crippen LogP contribution < -0.4 is 0 Å². The second-order valence-corrected chi connectivity index (χ2v) is 5.61. The Kier molecular flexibility index (Phi) is 2.73. The summed E-state index contributed by atoms with van der Waals surface area (Å²) in [6.07, 6.45) is 7.84. The van der Waals surface area contributed by atoms with E-state index in [-0.39, 0.29) is 0 Å². The lowest BCUT2D eigenvalue weighted by Crippen LogP contribution is -2.19. The van der Waals surface area contributed by atoms with E-state index in [1.54, 1.807) is 36.4 Å². The fraction of sp³-hybridized carbons (Fsp3) is 0.167. The maximum Gasteiger partial charge on any atom is 0.185 e. The Hall–Kier alpha value is -1.35. The fourth-order valence-corrected chi connectivity index (χ4v) is 3.12. The van der Waals surface area contributed by atoms with Gasteiger partial charge in [0.05, 0.1) is 10.1 Å². The summed E-state index contributed by atoms with van der Waals surface area (Å²) >= 11 is 0. The summed E-state index contributed by atoms with van der Waals surface area (Å²) in [6.45, 7) is 0. The van der Waals surface area contributed by atoms with E-state index in [2.05, 4.69) is 0 Å². The van der Waals surface area contributed by atoms with E-state index in [9.17, 15) is 8.42 Å². The number of hydrogen-bond donors (Lipinski definition) is 0. The molecule has 0 aromatic heterocycles. The molecular weight excluding hydrogens is 208 g/mol. The molecule has 1 atom stereocenters. The molecular formula is C12H12O2S. The number of rotatable bonds is 2. The van der Waals surface area contributed by atoms with Crippen molar-refractivity contribution in [2.45, 2.75) is 16.6 Å². The van der Waals surface area contributed by atoms with Crippen LogP contribution in [0.1, 0.15) is 6.42 Å². The highest BCUT2D eigenvalue weighted by Gasteiger charge is 2.24. The molecule has 0 fully saturated rings. The molecule has 0 aliphatic heterocycles. The van der Waals surface area contributed by atoms with Crippen molar-refractivity contribution in [2.24, 2.45) is 0 Å². The van der Waals surface area contributed by atoms with Gasteiger partial charge in [0.25, 0.3) is 0 Å². The summed E-state index contributed by atoms with van der Waals surface area (Å²) < 4.78 is 24.2. The Labute approximate surface area is 89.9 Å². The quantitative estimate of drug-likeness (QED) is 0.766. The number of benzene rings is 1. The first kappa shape index (κ1) is 10.2. The van der Waals surface area contributed by atoms with Crippen LogP contribution >= 0.6 is 0 Å². The highest BCUT2D eigenvalue weighted by atomic mass is 32.2. The molecule has 78 valence electrons. The Morgan fingerprint density at radius 1 is 1.07 bits per heavy atom. The lowest BCUT2D eigenvalue weighted by atomic mass is 10.2. The maximum absolute atomic E-state index is 12.1. The normalized spacial score (nSPS) is 20.4. The SMILES string of the molecule is O=S(=O)(c1ccccc1)[C@@H]1C=CC=CC1. The molecule has 2 nitrogen and oxygen atoms in total. The maximum atomic E-state index is 12.1. The molecule has 1 aliphatic carbocycles. The number of allylic oxidation sites excluding steroid dienone is 3. The van der Waals surface area contributed by atoms with Crippen molar-refractivity contribution in [1.29, 1.82) is 0 Å². The molecule has 0 bridgehead atoms. The Bertz CT molecular complexity index is 484. The Morgan fingerprint density at radius 2 is 1.80 bits per heavy atom. The molecule has 1 aliphatic rings. The van der Waals surface area contributed by atoms with Gasteiger partial charge < -0.3 is 0 Å². The van der Waals surface area contributed by atoms with Crippen LogP contribution in [0.5, 0.6) is 0 Å². The van der Waals surface area contributed by atoms with E-state index in [1.165, 1.54) is 0 Å². The van der Waals surface area contributed by atoms with Gasteiger partial charge in [0, 0.05) is 0 Å². The van der Waals surface area contributed by atoms with Crippen molar-refractivity contribution < 1.29 is 8.42 Å². The van der Waals surface area contributed by atoms with Crippen LogP contribution in [0.4, 0.5) is 0 Å². The van der Waals surface area contributed by atoms with Crippen LogP contribution in [0, 0.1) is 0 Å². The monoisotopic (exact) mass is 220 g/mol. The van der Waals surface area contributed by atoms with Crippen LogP contribution in [-0.4, -0.2) is 13.7 Å². The average Bonchev–Trinajstić information content (AvgIpc) is 2.31. The number of hydrogen-bond acceptors (Lipinski definition) is 2. The highest BCUT2D eigenvalue weighted by molar-refractivity contribution is 7.92. The molecule has 0 saturated carbocycles. The minimum Gasteiger partial charge on any atom is -0.223 e. The smallest absolute Gasteiger partial charge is 0.185 e. The summed E-state index contributed by atoms with van der Waals surface area (Å²) in [4.78, 5) is 0.398. The minimum absolute atomic E-state index is 0.398. The van der Waals surface area contributed by atoms with Gasteiger partial charge in [0.15, 0.2) is 9.84 Å². The second-order valence-electron chi connectivity index (χ2n) is 3.45. The Morgan fingerprint density at radius 3 is 2.40 bits per heavy atom. The molecule has 1 aromatic rings. The van der Waals surface area contributed by atoms with Crippen LogP contribution in [0.25, 0.3) is 0 Å². The van der Waals surface area contributed by atoms with Crippen molar-refractivity contribution in [3.63, 3.8) is 0 Å². The first-order valence-electron chi connectivity index (χ1n) is 4.83. The van der Waals surface area contributed by atoms with Gasteiger partial charge in [-0.1, -0.05) is 42.5 Å². The first-order valence-corrected chi connectivity index (χ1v) is 6.38. The third-order valence-electron chi connectivity index (χ3n) is 2.41. The summed E-state index contributed by atoms with van der Waals surface area (Å²) in [5, 5.41) is -0.412. The van der Waals surface area contributed by atoms with Gasteiger partial charge in [-0.15, -0.1) is 0 Å². The molecule has 0 radical (unpaired) electrons. The van der Waals surface area contributed by atoms with E-state index >= 15 is 0 Å². The first-order chi connectivity index (χ1) is 7.21. The second kappa shape index (κ2) is 4.03. The van der Waals surface area contributed by atoms with Crippen molar-refractivity contribution in [3.8, 4) is 0 Å². The Balaban J connectivity index is 2.36. The van der Waals surface area contributed by atoms with Gasteiger partial charge >= 0.3 is 0 Å². The van der Waals surface area contributed by atoms with Crippen LogP contribution in [-0.2, 0) is 9.84 Å². The minimum atomic E-state index is -3.20. The van der Waals surface area contributed by atoms with Crippen LogP contribution in [0.3, 0.4) is 0 Å². The standard InChI is InChI=1S/C12H12O2S/c13-15(14,11-7-3-1-4-8-11)12-9-5-2-6-10-12/h1-9,12H,10H2/t12-/m1/s1. The molecule has 0 amide bonds. The van der Waals surface area contributed by atoms with Gasteiger partial charge in [-0.25, -0.2) is 8.42 Å². The van der Waals surface area contributed by atoms with Crippen molar-refractivity contribution in [1.82, 2.24) is 0 Å².